The quantitative estimate of drug-likeness (QED) is 0.725. The fraction of sp³-hybridized carbons (Fsp3) is 0.167. The van der Waals surface area contributed by atoms with Crippen molar-refractivity contribution in [3.8, 4) is 0 Å². The van der Waals surface area contributed by atoms with Crippen LogP contribution in [0.2, 0.25) is 0 Å². The Kier molecular flexibility index (Phi) is 2.40. The minimum absolute atomic E-state index is 0.446. The molecule has 0 saturated heterocycles. The van der Waals surface area contributed by atoms with Gasteiger partial charge in [0, 0.05) is 11.1 Å². The van der Waals surface area contributed by atoms with E-state index in [1.807, 2.05) is 0 Å². The molecule has 1 aromatic carbocycles. The van der Waals surface area contributed by atoms with E-state index < -0.39 is 24.4 Å². The van der Waals surface area contributed by atoms with Gasteiger partial charge in [0.1, 0.15) is 12.4 Å². The summed E-state index contributed by atoms with van der Waals surface area (Å²) in [4.78, 5) is 29.6. The van der Waals surface area contributed by atoms with Gasteiger partial charge < -0.3 is 9.47 Å². The lowest BCUT2D eigenvalue weighted by Crippen LogP contribution is -2.03. The molecule has 0 aromatic heterocycles. The van der Waals surface area contributed by atoms with Gasteiger partial charge in [0.25, 0.3) is 0 Å². The van der Waals surface area contributed by atoms with Gasteiger partial charge in [-0.1, -0.05) is 24.3 Å². The summed E-state index contributed by atoms with van der Waals surface area (Å²) in [5.74, 6) is -0.892. The van der Waals surface area contributed by atoms with E-state index in [1.54, 1.807) is 24.3 Å². The fourth-order valence-corrected chi connectivity index (χ4v) is 1.73. The Labute approximate surface area is 102 Å². The molecule has 6 heteroatoms. The molecule has 0 radical (unpaired) electrons. The third kappa shape index (κ3) is 1.88. The number of esters is 2. The molecule has 2 atom stereocenters. The molecule has 18 heavy (non-hydrogen) atoms. The van der Waals surface area contributed by atoms with Gasteiger partial charge in [-0.2, -0.15) is 0 Å². The molecule has 90 valence electrons. The maximum Gasteiger partial charge on any atom is 0.351 e. The Morgan fingerprint density at radius 2 is 1.17 bits per heavy atom. The minimum Gasteiger partial charge on any atom is -0.431 e. The van der Waals surface area contributed by atoms with Crippen molar-refractivity contribution in [2.75, 3.05) is 0 Å². The van der Waals surface area contributed by atoms with Crippen molar-refractivity contribution in [1.82, 2.24) is 0 Å². The summed E-state index contributed by atoms with van der Waals surface area (Å²) in [5.41, 5.74) is 1.52. The van der Waals surface area contributed by atoms with Crippen LogP contribution < -0.4 is 0 Å². The number of nitrogens with zero attached hydrogens (tertiary/aromatic N) is 2. The molecule has 2 heterocycles. The first kappa shape index (κ1) is 10.6. The summed E-state index contributed by atoms with van der Waals surface area (Å²) in [7, 11) is 0. The molecular weight excluding hydrogens is 236 g/mol. The van der Waals surface area contributed by atoms with Crippen LogP contribution in [0.1, 0.15) is 23.6 Å². The van der Waals surface area contributed by atoms with Crippen molar-refractivity contribution in [3.05, 3.63) is 35.4 Å². The van der Waals surface area contributed by atoms with Crippen LogP contribution in [-0.2, 0) is 19.1 Å². The first-order valence-corrected chi connectivity index (χ1v) is 5.30. The Hall–Kier alpha value is -2.50. The third-order valence-corrected chi connectivity index (χ3v) is 2.59. The average molecular weight is 244 g/mol. The van der Waals surface area contributed by atoms with E-state index in [0.29, 0.717) is 0 Å². The van der Waals surface area contributed by atoms with E-state index in [1.165, 1.54) is 0 Å². The second-order valence-electron chi connectivity index (χ2n) is 3.80. The molecule has 0 amide bonds. The predicted octanol–water partition coefficient (Wildman–Crippen LogP) is 0.939. The van der Waals surface area contributed by atoms with E-state index in [2.05, 4.69) is 9.98 Å². The summed E-state index contributed by atoms with van der Waals surface area (Å²) < 4.78 is 9.91. The van der Waals surface area contributed by atoms with Gasteiger partial charge in [-0.3, -0.25) is 0 Å². The highest BCUT2D eigenvalue weighted by Gasteiger charge is 2.22. The van der Waals surface area contributed by atoms with E-state index in [4.69, 9.17) is 9.47 Å². The van der Waals surface area contributed by atoms with Gasteiger partial charge in [0.15, 0.2) is 0 Å². The zero-order valence-electron chi connectivity index (χ0n) is 9.15. The van der Waals surface area contributed by atoms with Crippen molar-refractivity contribution in [3.63, 3.8) is 0 Å². The Bertz CT molecular complexity index is 511. The zero-order valence-corrected chi connectivity index (χ0v) is 9.15. The molecular formula is C12H8N2O4. The monoisotopic (exact) mass is 244 g/mol. The number of rotatable bonds is 2. The number of cyclic esters (lactones) is 2. The van der Waals surface area contributed by atoms with Crippen LogP contribution in [0.5, 0.6) is 0 Å². The molecule has 0 spiro atoms. The van der Waals surface area contributed by atoms with Crippen molar-refractivity contribution in [2.45, 2.75) is 12.5 Å². The SMILES string of the molecule is O=C1C=NC(c2ccc(C3N=CC(=O)O3)cc2)O1. The molecule has 2 aliphatic rings. The van der Waals surface area contributed by atoms with E-state index in [0.717, 1.165) is 23.6 Å². The molecule has 0 bridgehead atoms. The molecule has 3 rings (SSSR count). The lowest BCUT2D eigenvalue weighted by Gasteiger charge is -2.10. The highest BCUT2D eigenvalue weighted by molar-refractivity contribution is 6.24. The number of hydrogen-bond acceptors (Lipinski definition) is 6. The maximum absolute atomic E-state index is 10.9. The van der Waals surface area contributed by atoms with Crippen LogP contribution in [0.3, 0.4) is 0 Å². The van der Waals surface area contributed by atoms with Crippen LogP contribution in [0.15, 0.2) is 34.3 Å². The zero-order chi connectivity index (χ0) is 12.5. The first-order valence-electron chi connectivity index (χ1n) is 5.30. The lowest BCUT2D eigenvalue weighted by molar-refractivity contribution is -0.138. The highest BCUT2D eigenvalue weighted by Crippen LogP contribution is 2.26. The second kappa shape index (κ2) is 4.06. The number of hydrogen-bond donors (Lipinski definition) is 0. The molecule has 0 aliphatic carbocycles. The summed E-state index contributed by atoms with van der Waals surface area (Å²) in [6.07, 6.45) is 1.14. The highest BCUT2D eigenvalue weighted by atomic mass is 16.6. The summed E-state index contributed by atoms with van der Waals surface area (Å²) in [6.45, 7) is 0. The minimum atomic E-state index is -0.582. The normalized spacial score (nSPS) is 25.3. The van der Waals surface area contributed by atoms with Gasteiger partial charge >= 0.3 is 11.9 Å². The standard InChI is InChI=1S/C12H8N2O4/c15-9-5-13-11(17-9)7-1-2-8(4-3-7)12-14-6-10(16)18-12/h1-6,11-12H. The van der Waals surface area contributed by atoms with Gasteiger partial charge in [-0.15, -0.1) is 0 Å². The Morgan fingerprint density at radius 3 is 1.44 bits per heavy atom. The number of carbonyl (C=O) groups is 2. The molecule has 0 fully saturated rings. The summed E-state index contributed by atoms with van der Waals surface area (Å²) in [5, 5.41) is 0. The molecule has 2 aliphatic heterocycles. The maximum atomic E-state index is 10.9. The predicted molar refractivity (Wildman–Crippen MR) is 61.1 cm³/mol. The van der Waals surface area contributed by atoms with Crippen LogP contribution >= 0.6 is 0 Å². The van der Waals surface area contributed by atoms with Gasteiger partial charge in [0.05, 0.1) is 0 Å². The van der Waals surface area contributed by atoms with Crippen LogP contribution in [0.25, 0.3) is 0 Å². The van der Waals surface area contributed by atoms with E-state index in [9.17, 15) is 9.59 Å². The van der Waals surface area contributed by atoms with Crippen molar-refractivity contribution < 1.29 is 19.1 Å². The number of carbonyl (C=O) groups excluding carboxylic acids is 2. The van der Waals surface area contributed by atoms with Crippen molar-refractivity contribution in [2.24, 2.45) is 9.98 Å². The van der Waals surface area contributed by atoms with E-state index in [-0.39, 0.29) is 0 Å². The molecule has 6 nitrogen and oxygen atoms in total. The number of ether oxygens (including phenoxy) is 2. The summed E-state index contributed by atoms with van der Waals surface area (Å²) >= 11 is 0. The van der Waals surface area contributed by atoms with Crippen LogP contribution in [0, 0.1) is 0 Å². The molecule has 2 unspecified atom stereocenters. The third-order valence-electron chi connectivity index (χ3n) is 2.59. The average Bonchev–Trinajstić information content (AvgIpc) is 2.98. The number of aliphatic imine (C=N–C) groups is 2. The summed E-state index contributed by atoms with van der Waals surface area (Å²) in [6, 6.07) is 7.05. The van der Waals surface area contributed by atoms with E-state index >= 15 is 0 Å². The lowest BCUT2D eigenvalue weighted by atomic mass is 10.1. The topological polar surface area (TPSA) is 77.3 Å². The first-order chi connectivity index (χ1) is 8.72. The molecule has 0 N–H and O–H groups in total. The number of benzene rings is 1. The Balaban J connectivity index is 1.77. The molecule has 0 saturated carbocycles. The Morgan fingerprint density at radius 1 is 0.778 bits per heavy atom. The van der Waals surface area contributed by atoms with Crippen LogP contribution in [0.4, 0.5) is 0 Å². The smallest absolute Gasteiger partial charge is 0.351 e. The van der Waals surface area contributed by atoms with Gasteiger partial charge in [-0.25, -0.2) is 19.6 Å². The molecule has 1 aromatic rings. The van der Waals surface area contributed by atoms with Gasteiger partial charge in [0.2, 0.25) is 12.5 Å². The van der Waals surface area contributed by atoms with Crippen LogP contribution in [-0.4, -0.2) is 24.4 Å². The fourth-order valence-electron chi connectivity index (χ4n) is 1.73. The second-order valence-corrected chi connectivity index (χ2v) is 3.80. The van der Waals surface area contributed by atoms with Crippen molar-refractivity contribution in [1.29, 1.82) is 0 Å². The van der Waals surface area contributed by atoms with Gasteiger partial charge in [-0.05, 0) is 0 Å². The van der Waals surface area contributed by atoms with Crippen molar-refractivity contribution >= 4 is 24.4 Å². The largest absolute Gasteiger partial charge is 0.431 e.